The minimum Gasteiger partial charge on any atom is -0.310 e. The molecule has 5 heteroatoms. The van der Waals surface area contributed by atoms with Crippen LogP contribution < -0.4 is 4.90 Å². The molecule has 3 aromatic heterocycles. The van der Waals surface area contributed by atoms with Gasteiger partial charge in [0.1, 0.15) is 5.65 Å². The average molecular weight is 699 g/mol. The number of para-hydroxylation sites is 4. The Morgan fingerprint density at radius 3 is 2.07 bits per heavy atom. The lowest BCUT2D eigenvalue weighted by Gasteiger charge is -2.42. The molecule has 7 aromatic carbocycles. The van der Waals surface area contributed by atoms with E-state index in [2.05, 4.69) is 137 Å². The molecule has 4 heterocycles. The van der Waals surface area contributed by atoms with E-state index >= 15 is 4.39 Å². The molecule has 258 valence electrons. The molecule has 1 aliphatic heterocycles. The Balaban J connectivity index is 1.10. The van der Waals surface area contributed by atoms with Crippen LogP contribution in [0.2, 0.25) is 0 Å². The van der Waals surface area contributed by atoms with Crippen molar-refractivity contribution >= 4 is 66.2 Å². The fourth-order valence-corrected chi connectivity index (χ4v) is 9.06. The van der Waals surface area contributed by atoms with Crippen LogP contribution in [-0.4, -0.2) is 14.0 Å². The lowest BCUT2D eigenvalue weighted by Crippen LogP contribution is -2.30. The first-order chi connectivity index (χ1) is 26.5. The molecule has 10 aromatic rings. The van der Waals surface area contributed by atoms with E-state index in [1.165, 1.54) is 27.4 Å². The van der Waals surface area contributed by atoms with Crippen molar-refractivity contribution in [1.29, 1.82) is 0 Å². The lowest BCUT2D eigenvalue weighted by molar-refractivity contribution is 0.402. The lowest BCUT2D eigenvalue weighted by atomic mass is 9.73. The number of fused-ring (bicyclic) bond motifs is 11. The summed E-state index contributed by atoms with van der Waals surface area (Å²) >= 11 is 0. The first kappa shape index (κ1) is 30.9. The van der Waals surface area contributed by atoms with E-state index in [0.717, 1.165) is 55.6 Å². The van der Waals surface area contributed by atoms with Crippen molar-refractivity contribution in [2.24, 2.45) is 0 Å². The molecule has 4 nitrogen and oxygen atoms in total. The maximum atomic E-state index is 17.0. The Hall–Kier alpha value is -6.72. The van der Waals surface area contributed by atoms with Crippen molar-refractivity contribution in [3.05, 3.63) is 192 Å². The van der Waals surface area contributed by atoms with Gasteiger partial charge in [0.05, 0.1) is 27.9 Å². The summed E-state index contributed by atoms with van der Waals surface area (Å²) in [5.41, 5.74) is 11.8. The number of aromatic nitrogens is 3. The van der Waals surface area contributed by atoms with Crippen LogP contribution in [0.1, 0.15) is 42.3 Å². The van der Waals surface area contributed by atoms with Crippen LogP contribution >= 0.6 is 0 Å². The van der Waals surface area contributed by atoms with Crippen LogP contribution in [0, 0.1) is 0 Å². The Bertz CT molecular complexity index is 3120. The topological polar surface area (TPSA) is 25.5 Å². The maximum Gasteiger partial charge on any atom is 0.150 e. The summed E-state index contributed by atoms with van der Waals surface area (Å²) in [4.78, 5) is 7.03. The van der Waals surface area contributed by atoms with Gasteiger partial charge in [-0.2, -0.15) is 0 Å². The first-order valence-electron chi connectivity index (χ1n) is 18.5. The second-order valence-corrected chi connectivity index (χ2v) is 15.0. The highest BCUT2D eigenvalue weighted by Gasteiger charge is 2.38. The molecule has 0 N–H and O–H groups in total. The number of rotatable bonds is 4. The summed E-state index contributed by atoms with van der Waals surface area (Å²) in [5.74, 6) is 0. The molecule has 1 unspecified atom stereocenters. The minimum absolute atomic E-state index is 0.278. The Morgan fingerprint density at radius 1 is 0.519 bits per heavy atom. The number of hydrogen-bond acceptors (Lipinski definition) is 2. The molecule has 0 spiro atoms. The van der Waals surface area contributed by atoms with Crippen molar-refractivity contribution in [1.82, 2.24) is 14.0 Å². The third-order valence-electron chi connectivity index (χ3n) is 11.6. The highest BCUT2D eigenvalue weighted by atomic mass is 19.1. The summed E-state index contributed by atoms with van der Waals surface area (Å²) in [6, 6.07) is 54.9. The number of pyridine rings is 1. The van der Waals surface area contributed by atoms with Crippen LogP contribution in [0.15, 0.2) is 170 Å². The number of anilines is 3. The molecule has 0 bridgehead atoms. The van der Waals surface area contributed by atoms with Crippen molar-refractivity contribution in [2.45, 2.75) is 25.4 Å². The third-order valence-corrected chi connectivity index (χ3v) is 11.6. The number of benzene rings is 7. The van der Waals surface area contributed by atoms with Gasteiger partial charge < -0.3 is 9.47 Å². The summed E-state index contributed by atoms with van der Waals surface area (Å²) in [6.45, 7) is 4.63. The zero-order valence-corrected chi connectivity index (χ0v) is 29.9. The van der Waals surface area contributed by atoms with E-state index < -0.39 is 6.17 Å². The van der Waals surface area contributed by atoms with Gasteiger partial charge in [0.15, 0.2) is 6.17 Å². The van der Waals surface area contributed by atoms with Gasteiger partial charge in [-0.3, -0.25) is 4.40 Å². The fraction of sp³-hybridized carbons (Fsp3) is 0.0816. The molecule has 0 amide bonds. The molecule has 1 aliphatic rings. The second-order valence-electron chi connectivity index (χ2n) is 15.0. The Labute approximate surface area is 312 Å². The Morgan fingerprint density at radius 2 is 1.22 bits per heavy atom. The normalized spacial score (nSPS) is 14.2. The predicted molar refractivity (Wildman–Crippen MR) is 221 cm³/mol. The number of alkyl halides is 1. The van der Waals surface area contributed by atoms with Crippen LogP contribution in [0.25, 0.3) is 54.8 Å². The van der Waals surface area contributed by atoms with Crippen molar-refractivity contribution in [2.75, 3.05) is 4.90 Å². The molecular formula is C49H35FN4. The smallest absolute Gasteiger partial charge is 0.150 e. The number of nitrogens with zero attached hydrogens (tertiary/aromatic N) is 4. The summed E-state index contributed by atoms with van der Waals surface area (Å²) in [5, 5.41) is 5.56. The standard InChI is InChI=1S/C49H35FN4/c1-49(2)40-19-8-11-22-44(40)54(46-30-45-38(29-41(46)49)37-18-7-10-21-43(37)53(45)33-14-4-3-5-15-33)34-16-12-13-31(27-34)47(50)32-23-24-35-36-17-6-9-20-42(36)52-26-25-51-48(52)39(35)28-32/h3-30,47H,1-2H3. The van der Waals surface area contributed by atoms with E-state index in [1.54, 1.807) is 0 Å². The molecule has 0 saturated heterocycles. The van der Waals surface area contributed by atoms with E-state index in [9.17, 15) is 0 Å². The summed E-state index contributed by atoms with van der Waals surface area (Å²) in [6.07, 6.45) is 2.45. The van der Waals surface area contributed by atoms with Crippen LogP contribution in [0.4, 0.5) is 21.5 Å². The monoisotopic (exact) mass is 698 g/mol. The zero-order chi connectivity index (χ0) is 36.1. The van der Waals surface area contributed by atoms with E-state index in [4.69, 9.17) is 4.98 Å². The minimum atomic E-state index is -1.34. The van der Waals surface area contributed by atoms with Gasteiger partial charge in [0.25, 0.3) is 0 Å². The molecular weight excluding hydrogens is 664 g/mol. The van der Waals surface area contributed by atoms with Gasteiger partial charge in [-0.05, 0) is 88.3 Å². The SMILES string of the molecule is CC1(C)c2ccccc2N(c2cccc(C(F)c3ccc4c5ccccc5n5ccnc5c4c3)c2)c2cc3c(cc21)c1ccccc1n3-c1ccccc1. The van der Waals surface area contributed by atoms with Crippen molar-refractivity contribution in [3.8, 4) is 5.69 Å². The van der Waals surface area contributed by atoms with Crippen LogP contribution in [0.5, 0.6) is 0 Å². The van der Waals surface area contributed by atoms with Crippen LogP contribution in [0.3, 0.4) is 0 Å². The summed E-state index contributed by atoms with van der Waals surface area (Å²) < 4.78 is 21.5. The highest BCUT2D eigenvalue weighted by Crippen LogP contribution is 2.54. The van der Waals surface area contributed by atoms with Gasteiger partial charge in [0.2, 0.25) is 0 Å². The molecule has 0 fully saturated rings. The van der Waals surface area contributed by atoms with E-state index in [0.29, 0.717) is 11.1 Å². The molecule has 0 radical (unpaired) electrons. The van der Waals surface area contributed by atoms with Gasteiger partial charge in [-0.25, -0.2) is 9.37 Å². The van der Waals surface area contributed by atoms with E-state index in [1.807, 2.05) is 60.9 Å². The quantitative estimate of drug-likeness (QED) is 0.171. The molecule has 0 aliphatic carbocycles. The highest BCUT2D eigenvalue weighted by molar-refractivity contribution is 6.13. The molecule has 11 rings (SSSR count). The Kier molecular flexibility index (Phi) is 6.51. The predicted octanol–water partition coefficient (Wildman–Crippen LogP) is 12.9. The van der Waals surface area contributed by atoms with Gasteiger partial charge >= 0.3 is 0 Å². The zero-order valence-electron chi connectivity index (χ0n) is 29.9. The fourth-order valence-electron chi connectivity index (χ4n) is 9.06. The molecule has 54 heavy (non-hydrogen) atoms. The van der Waals surface area contributed by atoms with Crippen molar-refractivity contribution in [3.63, 3.8) is 0 Å². The van der Waals surface area contributed by atoms with Crippen molar-refractivity contribution < 1.29 is 4.39 Å². The number of halogens is 1. The average Bonchev–Trinajstić information content (AvgIpc) is 3.84. The number of imidazole rings is 1. The molecule has 1 atom stereocenters. The van der Waals surface area contributed by atoms with Gasteiger partial charge in [-0.15, -0.1) is 0 Å². The second kappa shape index (κ2) is 11.4. The van der Waals surface area contributed by atoms with Gasteiger partial charge in [-0.1, -0.05) is 111 Å². The van der Waals surface area contributed by atoms with E-state index in [-0.39, 0.29) is 5.41 Å². The maximum absolute atomic E-state index is 17.0. The first-order valence-corrected chi connectivity index (χ1v) is 18.5. The van der Waals surface area contributed by atoms with Gasteiger partial charge in [0, 0.05) is 50.7 Å². The van der Waals surface area contributed by atoms with Crippen LogP contribution in [-0.2, 0) is 5.41 Å². The summed E-state index contributed by atoms with van der Waals surface area (Å²) in [7, 11) is 0. The molecule has 0 saturated carbocycles. The number of hydrogen-bond donors (Lipinski definition) is 0. The largest absolute Gasteiger partial charge is 0.310 e. The third kappa shape index (κ3) is 4.32.